The van der Waals surface area contributed by atoms with Gasteiger partial charge in [-0.15, -0.1) is 0 Å². The normalized spacial score (nSPS) is 11.8. The van der Waals surface area contributed by atoms with E-state index in [4.69, 9.17) is 23.2 Å². The third-order valence-electron chi connectivity index (χ3n) is 2.82. The third kappa shape index (κ3) is 5.39. The van der Waals surface area contributed by atoms with E-state index >= 15 is 0 Å². The number of hydrogen-bond donors (Lipinski definition) is 2. The van der Waals surface area contributed by atoms with Crippen molar-refractivity contribution < 1.29 is 9.59 Å². The summed E-state index contributed by atoms with van der Waals surface area (Å²) in [7, 11) is 0. The lowest BCUT2D eigenvalue weighted by molar-refractivity contribution is -0.121. The van der Waals surface area contributed by atoms with E-state index in [0.29, 0.717) is 23.1 Å². The lowest BCUT2D eigenvalue weighted by Gasteiger charge is -2.16. The molecule has 4 nitrogen and oxygen atoms in total. The van der Waals surface area contributed by atoms with Gasteiger partial charge in [0.1, 0.15) is 0 Å². The van der Waals surface area contributed by atoms with E-state index < -0.39 is 0 Å². The van der Waals surface area contributed by atoms with Crippen molar-refractivity contribution in [3.8, 4) is 0 Å². The summed E-state index contributed by atoms with van der Waals surface area (Å²) in [6.07, 6.45) is 0.253. The van der Waals surface area contributed by atoms with E-state index in [1.807, 2.05) is 6.92 Å². The van der Waals surface area contributed by atoms with Crippen LogP contribution in [0, 0.1) is 0 Å². The van der Waals surface area contributed by atoms with E-state index in [1.165, 1.54) is 6.92 Å². The summed E-state index contributed by atoms with van der Waals surface area (Å²) in [5, 5.41) is 6.56. The quantitative estimate of drug-likeness (QED) is 0.847. The Bertz CT molecular complexity index is 472. The molecule has 1 atom stereocenters. The number of nitrogens with one attached hydrogen (secondary N) is 2. The number of carbonyl (C=O) groups excluding carboxylic acids is 2. The summed E-state index contributed by atoms with van der Waals surface area (Å²) in [6.45, 7) is 4.14. The highest BCUT2D eigenvalue weighted by Crippen LogP contribution is 2.30. The van der Waals surface area contributed by atoms with E-state index in [2.05, 4.69) is 10.6 Å². The third-order valence-corrected chi connectivity index (χ3v) is 3.48. The van der Waals surface area contributed by atoms with Gasteiger partial charge in [0.15, 0.2) is 0 Å². The first-order chi connectivity index (χ1) is 9.41. The first-order valence-corrected chi connectivity index (χ1v) is 7.12. The maximum atomic E-state index is 11.6. The minimum absolute atomic E-state index is 0.0147. The van der Waals surface area contributed by atoms with Crippen LogP contribution < -0.4 is 10.6 Å². The van der Waals surface area contributed by atoms with Gasteiger partial charge < -0.3 is 10.6 Å². The highest BCUT2D eigenvalue weighted by Gasteiger charge is 2.14. The molecule has 0 unspecified atom stereocenters. The van der Waals surface area contributed by atoms with Gasteiger partial charge in [-0.25, -0.2) is 0 Å². The van der Waals surface area contributed by atoms with Gasteiger partial charge in [0, 0.05) is 42.4 Å². The Balaban J connectivity index is 2.45. The first-order valence-electron chi connectivity index (χ1n) is 6.37. The molecule has 0 saturated carbocycles. The molecule has 1 rings (SSSR count). The van der Waals surface area contributed by atoms with Crippen LogP contribution in [0.3, 0.4) is 0 Å². The fraction of sp³-hybridized carbons (Fsp3) is 0.429. The molecule has 0 aromatic heterocycles. The van der Waals surface area contributed by atoms with Gasteiger partial charge in [-0.3, -0.25) is 9.59 Å². The lowest BCUT2D eigenvalue weighted by atomic mass is 10.0. The van der Waals surface area contributed by atoms with Crippen LogP contribution in [0.15, 0.2) is 18.2 Å². The summed E-state index contributed by atoms with van der Waals surface area (Å²) in [5.41, 5.74) is 0.831. The van der Waals surface area contributed by atoms with Crippen molar-refractivity contribution in [3.63, 3.8) is 0 Å². The van der Waals surface area contributed by atoms with E-state index in [1.54, 1.807) is 18.2 Å². The van der Waals surface area contributed by atoms with E-state index in [0.717, 1.165) is 5.56 Å². The van der Waals surface area contributed by atoms with Gasteiger partial charge in [-0.2, -0.15) is 0 Å². The predicted molar refractivity (Wildman–Crippen MR) is 81.2 cm³/mol. The monoisotopic (exact) mass is 316 g/mol. The fourth-order valence-corrected chi connectivity index (χ4v) is 2.56. The Kier molecular flexibility index (Phi) is 6.82. The maximum Gasteiger partial charge on any atom is 0.221 e. The number of carbonyl (C=O) groups is 2. The van der Waals surface area contributed by atoms with Crippen LogP contribution in [-0.2, 0) is 9.59 Å². The molecular weight excluding hydrogens is 299 g/mol. The molecule has 0 saturated heterocycles. The molecule has 110 valence electrons. The van der Waals surface area contributed by atoms with Crippen molar-refractivity contribution in [2.24, 2.45) is 0 Å². The van der Waals surface area contributed by atoms with Crippen molar-refractivity contribution in [1.29, 1.82) is 0 Å². The molecule has 0 fully saturated rings. The van der Waals surface area contributed by atoms with Gasteiger partial charge >= 0.3 is 0 Å². The van der Waals surface area contributed by atoms with Crippen molar-refractivity contribution in [2.75, 3.05) is 13.1 Å². The maximum absolute atomic E-state index is 11.6. The standard InChI is InChI=1S/C14H18Cl2N2O2/c1-9(14-11(15)4-3-5-12(14)16)8-18-13(20)6-7-17-10(2)19/h3-5,9H,6-8H2,1-2H3,(H,17,19)(H,18,20)/t9-/m0/s1. The highest BCUT2D eigenvalue weighted by atomic mass is 35.5. The van der Waals surface area contributed by atoms with Crippen molar-refractivity contribution in [1.82, 2.24) is 10.6 Å². The molecule has 1 aromatic carbocycles. The summed E-state index contributed by atoms with van der Waals surface area (Å²) in [6, 6.07) is 5.34. The molecule has 20 heavy (non-hydrogen) atoms. The van der Waals surface area contributed by atoms with Crippen molar-refractivity contribution in [3.05, 3.63) is 33.8 Å². The summed E-state index contributed by atoms with van der Waals surface area (Å²) in [4.78, 5) is 22.3. The zero-order valence-corrected chi connectivity index (χ0v) is 13.0. The smallest absolute Gasteiger partial charge is 0.221 e. The molecule has 0 heterocycles. The molecular formula is C14H18Cl2N2O2. The summed E-state index contributed by atoms with van der Waals surface area (Å²) >= 11 is 12.2. The number of rotatable bonds is 6. The Morgan fingerprint density at radius 2 is 1.80 bits per heavy atom. The minimum Gasteiger partial charge on any atom is -0.356 e. The lowest BCUT2D eigenvalue weighted by Crippen LogP contribution is -2.31. The minimum atomic E-state index is -0.144. The number of benzene rings is 1. The number of amides is 2. The van der Waals surface area contributed by atoms with Crippen LogP contribution in [0.25, 0.3) is 0 Å². The van der Waals surface area contributed by atoms with Crippen molar-refractivity contribution in [2.45, 2.75) is 26.2 Å². The second kappa shape index (κ2) is 8.12. The van der Waals surface area contributed by atoms with Gasteiger partial charge in [0.05, 0.1) is 0 Å². The van der Waals surface area contributed by atoms with Crippen LogP contribution in [0.1, 0.15) is 31.7 Å². The van der Waals surface area contributed by atoms with E-state index in [9.17, 15) is 9.59 Å². The first kappa shape index (κ1) is 16.8. The van der Waals surface area contributed by atoms with Crippen LogP contribution in [-0.4, -0.2) is 24.9 Å². The van der Waals surface area contributed by atoms with Crippen LogP contribution >= 0.6 is 23.2 Å². The van der Waals surface area contributed by atoms with E-state index in [-0.39, 0.29) is 24.2 Å². The molecule has 0 bridgehead atoms. The molecule has 6 heteroatoms. The van der Waals surface area contributed by atoms with Gasteiger partial charge in [-0.05, 0) is 17.7 Å². The highest BCUT2D eigenvalue weighted by molar-refractivity contribution is 6.36. The van der Waals surface area contributed by atoms with Crippen molar-refractivity contribution >= 4 is 35.0 Å². The Hall–Kier alpha value is -1.26. The van der Waals surface area contributed by atoms with Gasteiger partial charge in [0.2, 0.25) is 11.8 Å². The fourth-order valence-electron chi connectivity index (χ4n) is 1.79. The summed E-state index contributed by atoms with van der Waals surface area (Å²) < 4.78 is 0. The molecule has 2 amide bonds. The second-order valence-electron chi connectivity index (χ2n) is 4.57. The molecule has 0 aliphatic carbocycles. The Morgan fingerprint density at radius 3 is 2.35 bits per heavy atom. The van der Waals surface area contributed by atoms with Crippen LogP contribution in [0.2, 0.25) is 10.0 Å². The zero-order chi connectivity index (χ0) is 15.1. The Labute approximate surface area is 128 Å². The average Bonchev–Trinajstić information content (AvgIpc) is 2.35. The topological polar surface area (TPSA) is 58.2 Å². The number of halogens is 2. The SMILES string of the molecule is CC(=O)NCCC(=O)NC[C@H](C)c1c(Cl)cccc1Cl. The van der Waals surface area contributed by atoms with Gasteiger partial charge in [-0.1, -0.05) is 36.2 Å². The average molecular weight is 317 g/mol. The molecule has 0 aliphatic rings. The summed E-state index contributed by atoms with van der Waals surface area (Å²) in [5.74, 6) is -0.247. The number of hydrogen-bond acceptors (Lipinski definition) is 2. The predicted octanol–water partition coefficient (Wildman–Crippen LogP) is 2.74. The van der Waals surface area contributed by atoms with Gasteiger partial charge in [0.25, 0.3) is 0 Å². The molecule has 0 aliphatic heterocycles. The largest absolute Gasteiger partial charge is 0.356 e. The second-order valence-corrected chi connectivity index (χ2v) is 5.39. The molecule has 0 radical (unpaired) electrons. The zero-order valence-electron chi connectivity index (χ0n) is 11.5. The Morgan fingerprint density at radius 1 is 1.20 bits per heavy atom. The van der Waals surface area contributed by atoms with Crippen LogP contribution in [0.5, 0.6) is 0 Å². The van der Waals surface area contributed by atoms with Crippen LogP contribution in [0.4, 0.5) is 0 Å². The molecule has 0 spiro atoms. The molecule has 2 N–H and O–H groups in total. The molecule has 1 aromatic rings.